The van der Waals surface area contributed by atoms with Crippen LogP contribution in [0.1, 0.15) is 15.9 Å². The van der Waals surface area contributed by atoms with Crippen molar-refractivity contribution in [3.05, 3.63) is 77.1 Å². The molecule has 0 radical (unpaired) electrons. The first-order valence-electron chi connectivity index (χ1n) is 8.24. The number of aromatic nitrogens is 2. The zero-order chi connectivity index (χ0) is 19.7. The van der Waals surface area contributed by atoms with Gasteiger partial charge in [-0.05, 0) is 36.2 Å². The molecule has 4 nitrogen and oxygen atoms in total. The van der Waals surface area contributed by atoms with E-state index < -0.39 is 23.1 Å². The van der Waals surface area contributed by atoms with Crippen molar-refractivity contribution in [2.75, 3.05) is 5.32 Å². The van der Waals surface area contributed by atoms with E-state index in [-0.39, 0.29) is 0 Å². The molecule has 1 amide bonds. The Morgan fingerprint density at radius 2 is 1.89 bits per heavy atom. The Morgan fingerprint density at radius 1 is 1.11 bits per heavy atom. The Morgan fingerprint density at radius 3 is 2.61 bits per heavy atom. The van der Waals surface area contributed by atoms with Crippen LogP contribution in [0.4, 0.5) is 13.8 Å². The maximum absolute atomic E-state index is 13.7. The van der Waals surface area contributed by atoms with Crippen LogP contribution in [-0.4, -0.2) is 15.9 Å². The number of carbonyl (C=O) groups is 1. The van der Waals surface area contributed by atoms with Crippen molar-refractivity contribution in [3.63, 3.8) is 0 Å². The Bertz CT molecular complexity index is 1140. The molecule has 0 unspecified atom stereocenters. The highest BCUT2D eigenvalue weighted by molar-refractivity contribution is 7.19. The van der Waals surface area contributed by atoms with E-state index in [0.717, 1.165) is 39.0 Å². The summed E-state index contributed by atoms with van der Waals surface area (Å²) in [5.74, 6) is -2.85. The maximum atomic E-state index is 13.7. The summed E-state index contributed by atoms with van der Waals surface area (Å²) < 4.78 is 27.5. The maximum Gasteiger partial charge on any atom is 0.262 e. The summed E-state index contributed by atoms with van der Waals surface area (Å²) in [6, 6.07) is 9.67. The van der Waals surface area contributed by atoms with E-state index >= 15 is 0 Å². The van der Waals surface area contributed by atoms with Gasteiger partial charge in [0.05, 0.1) is 17.4 Å². The van der Waals surface area contributed by atoms with Gasteiger partial charge in [0.15, 0.2) is 11.6 Å². The average Bonchev–Trinajstić information content (AvgIpc) is 3.34. The molecule has 1 aromatic carbocycles. The van der Waals surface area contributed by atoms with E-state index in [9.17, 15) is 13.6 Å². The second-order valence-corrected chi connectivity index (χ2v) is 7.94. The lowest BCUT2D eigenvalue weighted by molar-refractivity contribution is 0.101. The lowest BCUT2D eigenvalue weighted by atomic mass is 10.0. The normalized spacial score (nSPS) is 10.8. The Hall–Kier alpha value is -2.97. The highest BCUT2D eigenvalue weighted by Gasteiger charge is 2.19. The first-order valence-corrected chi connectivity index (χ1v) is 9.93. The van der Waals surface area contributed by atoms with Crippen LogP contribution in [0.25, 0.3) is 21.0 Å². The summed E-state index contributed by atoms with van der Waals surface area (Å²) in [6.07, 6.45) is 3.38. The molecule has 8 heteroatoms. The minimum absolute atomic E-state index is 0.495. The van der Waals surface area contributed by atoms with Crippen LogP contribution in [-0.2, 0) is 0 Å². The molecule has 0 aliphatic rings. The number of amides is 1. The highest BCUT2D eigenvalue weighted by atomic mass is 32.1. The third-order valence-corrected chi connectivity index (χ3v) is 5.96. The predicted octanol–water partition coefficient (Wildman–Crippen LogP) is 5.77. The molecule has 1 N–H and O–H groups in total. The third-order valence-electron chi connectivity index (χ3n) is 4.11. The quantitative estimate of drug-likeness (QED) is 0.462. The number of halogens is 2. The molecule has 140 valence electrons. The summed E-state index contributed by atoms with van der Waals surface area (Å²) in [6.45, 7) is 2.00. The lowest BCUT2D eigenvalue weighted by Gasteiger charge is -2.06. The monoisotopic (exact) mass is 413 g/mol. The van der Waals surface area contributed by atoms with Crippen LogP contribution in [0.3, 0.4) is 0 Å². The largest absolute Gasteiger partial charge is 0.313 e. The van der Waals surface area contributed by atoms with Crippen LogP contribution in [0.15, 0.2) is 54.3 Å². The van der Waals surface area contributed by atoms with Crippen LogP contribution in [0, 0.1) is 18.6 Å². The van der Waals surface area contributed by atoms with Gasteiger partial charge in [0.1, 0.15) is 10.6 Å². The van der Waals surface area contributed by atoms with Gasteiger partial charge in [0.25, 0.3) is 5.91 Å². The first-order chi connectivity index (χ1) is 13.5. The molecule has 28 heavy (non-hydrogen) atoms. The van der Waals surface area contributed by atoms with Gasteiger partial charge in [-0.25, -0.2) is 13.8 Å². The molecule has 3 aromatic heterocycles. The zero-order valence-corrected chi connectivity index (χ0v) is 16.2. The molecule has 0 aliphatic heterocycles. The fraction of sp³-hybridized carbons (Fsp3) is 0.0500. The van der Waals surface area contributed by atoms with Gasteiger partial charge >= 0.3 is 0 Å². The molecular weight excluding hydrogens is 400 g/mol. The number of thiazole rings is 1. The number of hydrogen-bond acceptors (Lipinski definition) is 5. The molecule has 4 rings (SSSR count). The van der Waals surface area contributed by atoms with Gasteiger partial charge < -0.3 is 5.32 Å². The summed E-state index contributed by atoms with van der Waals surface area (Å²) in [4.78, 5) is 20.9. The molecular formula is C20H13F2N3OS2. The van der Waals surface area contributed by atoms with Crippen LogP contribution < -0.4 is 5.32 Å². The van der Waals surface area contributed by atoms with E-state index in [2.05, 4.69) is 15.3 Å². The number of carbonyl (C=O) groups excluding carboxylic acids is 1. The number of thiophene rings is 1. The van der Waals surface area contributed by atoms with Gasteiger partial charge in [-0.2, -0.15) is 0 Å². The van der Waals surface area contributed by atoms with Crippen molar-refractivity contribution >= 4 is 33.6 Å². The number of rotatable bonds is 4. The van der Waals surface area contributed by atoms with Gasteiger partial charge in [0, 0.05) is 22.0 Å². The summed E-state index contributed by atoms with van der Waals surface area (Å²) in [5, 5.41) is 5.90. The van der Waals surface area contributed by atoms with Crippen LogP contribution >= 0.6 is 22.7 Å². The summed E-state index contributed by atoms with van der Waals surface area (Å²) >= 11 is 2.89. The van der Waals surface area contributed by atoms with Crippen LogP contribution in [0.5, 0.6) is 0 Å². The second-order valence-electron chi connectivity index (χ2n) is 5.96. The molecule has 3 heterocycles. The topological polar surface area (TPSA) is 54.9 Å². The van der Waals surface area contributed by atoms with Crippen LogP contribution in [0.2, 0.25) is 0 Å². The van der Waals surface area contributed by atoms with Gasteiger partial charge in [-0.1, -0.05) is 12.1 Å². The molecule has 0 fully saturated rings. The fourth-order valence-electron chi connectivity index (χ4n) is 2.74. The first kappa shape index (κ1) is 18.4. The molecule has 0 saturated carbocycles. The second kappa shape index (κ2) is 7.57. The Labute approximate surface area is 167 Å². The minimum atomic E-state index is -0.999. The van der Waals surface area contributed by atoms with Gasteiger partial charge in [0.2, 0.25) is 0 Å². The Balaban J connectivity index is 1.62. The van der Waals surface area contributed by atoms with Crippen molar-refractivity contribution in [2.24, 2.45) is 0 Å². The lowest BCUT2D eigenvalue weighted by Crippen LogP contribution is -2.15. The van der Waals surface area contributed by atoms with Crippen molar-refractivity contribution < 1.29 is 13.6 Å². The smallest absolute Gasteiger partial charge is 0.262 e. The molecule has 0 aliphatic carbocycles. The molecule has 0 atom stereocenters. The molecule has 4 aromatic rings. The number of nitrogens with one attached hydrogen (secondary N) is 1. The number of hydrogen-bond donors (Lipinski definition) is 1. The molecule has 0 bridgehead atoms. The number of pyridine rings is 1. The summed E-state index contributed by atoms with van der Waals surface area (Å²) in [7, 11) is 0. The van der Waals surface area contributed by atoms with E-state index in [1.807, 2.05) is 36.6 Å². The average molecular weight is 413 g/mol. The van der Waals surface area contributed by atoms with E-state index in [4.69, 9.17) is 0 Å². The van der Waals surface area contributed by atoms with E-state index in [1.165, 1.54) is 11.3 Å². The number of aryl methyl sites for hydroxylation is 1. The van der Waals surface area contributed by atoms with E-state index in [0.29, 0.717) is 5.00 Å². The van der Waals surface area contributed by atoms with Crippen molar-refractivity contribution in [1.29, 1.82) is 0 Å². The third kappa shape index (κ3) is 3.56. The fourth-order valence-corrected chi connectivity index (χ4v) is 4.36. The SMILES string of the molecule is Cc1ccc(-c2nccs2)cc1-c1ccc(NC(=O)c2c(F)cncc2F)s1. The molecule has 0 saturated heterocycles. The van der Waals surface area contributed by atoms with Crippen molar-refractivity contribution in [3.8, 4) is 21.0 Å². The summed E-state index contributed by atoms with van der Waals surface area (Å²) in [5.41, 5.74) is 2.45. The number of nitrogens with zero attached hydrogens (tertiary/aromatic N) is 2. The van der Waals surface area contributed by atoms with Gasteiger partial charge in [-0.15, -0.1) is 22.7 Å². The van der Waals surface area contributed by atoms with Crippen molar-refractivity contribution in [1.82, 2.24) is 9.97 Å². The highest BCUT2D eigenvalue weighted by Crippen LogP contribution is 2.36. The number of anilines is 1. The zero-order valence-electron chi connectivity index (χ0n) is 14.6. The predicted molar refractivity (Wildman–Crippen MR) is 108 cm³/mol. The molecule has 0 spiro atoms. The minimum Gasteiger partial charge on any atom is -0.313 e. The van der Waals surface area contributed by atoms with Gasteiger partial charge in [-0.3, -0.25) is 9.78 Å². The number of benzene rings is 1. The Kier molecular flexibility index (Phi) is 4.97. The standard InChI is InChI=1S/C20H13F2N3OS2/c1-11-2-3-12(20-24-6-7-27-20)8-13(11)16-4-5-17(28-16)25-19(26)18-14(21)9-23-10-15(18)22/h2-10H,1H3,(H,25,26). The van der Waals surface area contributed by atoms with E-state index in [1.54, 1.807) is 23.6 Å². The van der Waals surface area contributed by atoms with Crippen molar-refractivity contribution in [2.45, 2.75) is 6.92 Å².